The standard InChI is InChI=1S/C19H25N5O4S/c1-12-11-28-6-5-24(12)17-10-14(15-4-3-7-29(15,25)26)21-19(23-17)13-8-16(20)22-18(9-13)27-2/h8-10,12,15H,3-7,11H2,1-2H3,(H2,20,22)/t12-,15+/m1/s1. The van der Waals surface area contributed by atoms with E-state index >= 15 is 0 Å². The quantitative estimate of drug-likeness (QED) is 0.787. The summed E-state index contributed by atoms with van der Waals surface area (Å²) in [6.45, 7) is 3.92. The van der Waals surface area contributed by atoms with Gasteiger partial charge in [0.25, 0.3) is 0 Å². The Balaban J connectivity index is 1.85. The lowest BCUT2D eigenvalue weighted by atomic mass is 10.1. The maximum atomic E-state index is 12.6. The van der Waals surface area contributed by atoms with Crippen LogP contribution in [0.15, 0.2) is 18.2 Å². The molecule has 2 aliphatic rings. The van der Waals surface area contributed by atoms with E-state index in [0.717, 1.165) is 0 Å². The summed E-state index contributed by atoms with van der Waals surface area (Å²) in [5.41, 5.74) is 7.07. The van der Waals surface area contributed by atoms with Gasteiger partial charge in [0.1, 0.15) is 16.9 Å². The van der Waals surface area contributed by atoms with Crippen molar-refractivity contribution in [2.24, 2.45) is 0 Å². The molecule has 2 aromatic heterocycles. The molecule has 0 radical (unpaired) electrons. The van der Waals surface area contributed by atoms with Crippen LogP contribution in [0.1, 0.15) is 30.7 Å². The molecule has 0 spiro atoms. The Bertz CT molecular complexity index is 1010. The van der Waals surface area contributed by atoms with Crippen LogP contribution < -0.4 is 15.4 Å². The van der Waals surface area contributed by atoms with Gasteiger partial charge in [-0.1, -0.05) is 0 Å². The van der Waals surface area contributed by atoms with Crippen LogP contribution in [0.4, 0.5) is 11.6 Å². The summed E-state index contributed by atoms with van der Waals surface area (Å²) < 4.78 is 35.9. The molecule has 0 bridgehead atoms. The fraction of sp³-hybridized carbons (Fsp3) is 0.526. The Morgan fingerprint density at radius 2 is 2.07 bits per heavy atom. The lowest BCUT2D eigenvalue weighted by molar-refractivity contribution is 0.0985. The third-order valence-electron chi connectivity index (χ3n) is 5.34. The Morgan fingerprint density at radius 1 is 1.24 bits per heavy atom. The van der Waals surface area contributed by atoms with Gasteiger partial charge in [-0.3, -0.25) is 0 Å². The highest BCUT2D eigenvalue weighted by Crippen LogP contribution is 2.36. The number of nitrogen functional groups attached to an aromatic ring is 1. The minimum atomic E-state index is -3.22. The lowest BCUT2D eigenvalue weighted by Gasteiger charge is -2.34. The van der Waals surface area contributed by atoms with Gasteiger partial charge in [0.05, 0.1) is 37.8 Å². The zero-order chi connectivity index (χ0) is 20.6. The minimum Gasteiger partial charge on any atom is -0.481 e. The fourth-order valence-electron chi connectivity index (χ4n) is 3.84. The number of hydrogen-bond acceptors (Lipinski definition) is 9. The number of aromatic nitrogens is 3. The number of hydrogen-bond donors (Lipinski definition) is 1. The number of sulfone groups is 1. The van der Waals surface area contributed by atoms with Crippen LogP contribution in [0.2, 0.25) is 0 Å². The predicted octanol–water partition coefficient (Wildman–Crippen LogP) is 1.60. The molecule has 2 atom stereocenters. The van der Waals surface area contributed by atoms with Crippen molar-refractivity contribution in [3.8, 4) is 17.3 Å². The van der Waals surface area contributed by atoms with E-state index in [-0.39, 0.29) is 17.6 Å². The second-order valence-electron chi connectivity index (χ2n) is 7.41. The van der Waals surface area contributed by atoms with E-state index in [4.69, 9.17) is 20.2 Å². The Kier molecular flexibility index (Phi) is 5.30. The first-order chi connectivity index (χ1) is 13.9. The van der Waals surface area contributed by atoms with Crippen molar-refractivity contribution in [2.75, 3.05) is 43.3 Å². The summed E-state index contributed by atoms with van der Waals surface area (Å²) in [5.74, 6) is 1.92. The SMILES string of the molecule is COc1cc(-c2nc([C@@H]3CCCS3(=O)=O)cc(N3CCOC[C@H]3C)n2)cc(N)n1. The van der Waals surface area contributed by atoms with E-state index in [1.54, 1.807) is 18.2 Å². The van der Waals surface area contributed by atoms with Crippen LogP contribution in [0.3, 0.4) is 0 Å². The molecule has 4 heterocycles. The molecule has 2 saturated heterocycles. The van der Waals surface area contributed by atoms with Crippen molar-refractivity contribution in [2.45, 2.75) is 31.1 Å². The second-order valence-corrected chi connectivity index (χ2v) is 9.72. The number of nitrogens with two attached hydrogens (primary N) is 1. The third kappa shape index (κ3) is 3.99. The molecule has 2 aliphatic heterocycles. The minimum absolute atomic E-state index is 0.122. The van der Waals surface area contributed by atoms with Crippen molar-refractivity contribution >= 4 is 21.5 Å². The molecule has 2 fully saturated rings. The summed E-state index contributed by atoms with van der Waals surface area (Å²) in [5, 5.41) is -0.611. The maximum Gasteiger partial charge on any atom is 0.215 e. The van der Waals surface area contributed by atoms with Crippen LogP contribution in [0.5, 0.6) is 5.88 Å². The van der Waals surface area contributed by atoms with Gasteiger partial charge >= 0.3 is 0 Å². The molecule has 9 nitrogen and oxygen atoms in total. The molecule has 0 amide bonds. The number of pyridine rings is 1. The van der Waals surface area contributed by atoms with Gasteiger partial charge in [-0.05, 0) is 25.8 Å². The van der Waals surface area contributed by atoms with Crippen molar-refractivity contribution < 1.29 is 17.9 Å². The number of rotatable bonds is 4. The average Bonchev–Trinajstić information content (AvgIpc) is 3.06. The van der Waals surface area contributed by atoms with Gasteiger partial charge in [0, 0.05) is 24.2 Å². The highest BCUT2D eigenvalue weighted by Gasteiger charge is 2.35. The molecule has 2 N–H and O–H groups in total. The number of methoxy groups -OCH3 is 1. The highest BCUT2D eigenvalue weighted by molar-refractivity contribution is 7.91. The smallest absolute Gasteiger partial charge is 0.215 e. The molecular weight excluding hydrogens is 394 g/mol. The van der Waals surface area contributed by atoms with Crippen molar-refractivity contribution in [1.29, 1.82) is 0 Å². The fourth-order valence-corrected chi connectivity index (χ4v) is 5.71. The van der Waals surface area contributed by atoms with Crippen molar-refractivity contribution in [3.05, 3.63) is 23.9 Å². The largest absolute Gasteiger partial charge is 0.481 e. The van der Waals surface area contributed by atoms with Crippen molar-refractivity contribution in [1.82, 2.24) is 15.0 Å². The van der Waals surface area contributed by atoms with E-state index in [0.29, 0.717) is 61.4 Å². The van der Waals surface area contributed by atoms with Gasteiger partial charge < -0.3 is 20.1 Å². The zero-order valence-electron chi connectivity index (χ0n) is 16.5. The lowest BCUT2D eigenvalue weighted by Crippen LogP contribution is -2.44. The predicted molar refractivity (Wildman–Crippen MR) is 110 cm³/mol. The van der Waals surface area contributed by atoms with Gasteiger partial charge in [-0.2, -0.15) is 4.98 Å². The molecule has 2 aromatic rings. The topological polar surface area (TPSA) is 121 Å². The summed E-state index contributed by atoms with van der Waals surface area (Å²) in [6.07, 6.45) is 1.21. The molecule has 4 rings (SSSR count). The van der Waals surface area contributed by atoms with Crippen molar-refractivity contribution in [3.63, 3.8) is 0 Å². The first-order valence-electron chi connectivity index (χ1n) is 9.64. The summed E-state index contributed by atoms with van der Waals surface area (Å²) in [7, 11) is -1.71. The Morgan fingerprint density at radius 3 is 2.76 bits per heavy atom. The molecule has 0 unspecified atom stereocenters. The molecule has 10 heteroatoms. The normalized spacial score (nSPS) is 23.9. The second kappa shape index (κ2) is 7.75. The molecule has 156 valence electrons. The van der Waals surface area contributed by atoms with Crippen LogP contribution in [-0.2, 0) is 14.6 Å². The summed E-state index contributed by atoms with van der Waals surface area (Å²) in [4.78, 5) is 15.6. The summed E-state index contributed by atoms with van der Waals surface area (Å²) >= 11 is 0. The van der Waals surface area contributed by atoms with Crippen LogP contribution in [-0.4, -0.2) is 62.0 Å². The van der Waals surface area contributed by atoms with Gasteiger partial charge in [0.2, 0.25) is 5.88 Å². The van der Waals surface area contributed by atoms with Crippen LogP contribution in [0, 0.1) is 0 Å². The van der Waals surface area contributed by atoms with Gasteiger partial charge in [-0.15, -0.1) is 0 Å². The van der Waals surface area contributed by atoms with E-state index in [2.05, 4.69) is 21.8 Å². The Hall–Kier alpha value is -2.46. The maximum absolute atomic E-state index is 12.6. The number of morpholine rings is 1. The Labute approximate surface area is 170 Å². The van der Waals surface area contributed by atoms with Crippen LogP contribution in [0.25, 0.3) is 11.4 Å². The number of anilines is 2. The first kappa shape index (κ1) is 19.8. The van der Waals surface area contributed by atoms with Crippen LogP contribution >= 0.6 is 0 Å². The highest BCUT2D eigenvalue weighted by atomic mass is 32.2. The summed E-state index contributed by atoms with van der Waals surface area (Å²) in [6, 6.07) is 5.29. The average molecular weight is 420 g/mol. The molecule has 0 aliphatic carbocycles. The van der Waals surface area contributed by atoms with Gasteiger partial charge in [-0.25, -0.2) is 18.4 Å². The van der Waals surface area contributed by atoms with E-state index in [1.807, 2.05) is 0 Å². The first-order valence-corrected chi connectivity index (χ1v) is 11.4. The number of nitrogens with zero attached hydrogens (tertiary/aromatic N) is 4. The molecule has 29 heavy (non-hydrogen) atoms. The van der Waals surface area contributed by atoms with E-state index in [1.165, 1.54) is 7.11 Å². The monoisotopic (exact) mass is 419 g/mol. The molecule has 0 saturated carbocycles. The number of ether oxygens (including phenoxy) is 2. The van der Waals surface area contributed by atoms with Gasteiger partial charge in [0.15, 0.2) is 15.7 Å². The molecule has 0 aromatic carbocycles. The zero-order valence-corrected chi connectivity index (χ0v) is 17.4. The van der Waals surface area contributed by atoms with E-state index in [9.17, 15) is 8.42 Å². The van der Waals surface area contributed by atoms with E-state index < -0.39 is 15.1 Å². The third-order valence-corrected chi connectivity index (χ3v) is 7.54. The molecular formula is C19H25N5O4S.